The Morgan fingerprint density at radius 2 is 2.31 bits per heavy atom. The van der Waals surface area contributed by atoms with Gasteiger partial charge in [0.05, 0.1) is 12.3 Å². The second-order valence-corrected chi connectivity index (χ2v) is 3.71. The Labute approximate surface area is 82.4 Å². The smallest absolute Gasteiger partial charge is 0.150 e. The van der Waals surface area contributed by atoms with Gasteiger partial charge in [0.1, 0.15) is 5.82 Å². The van der Waals surface area contributed by atoms with Gasteiger partial charge in [0.15, 0.2) is 5.15 Å². The highest BCUT2D eigenvalue weighted by molar-refractivity contribution is 6.30. The second kappa shape index (κ2) is 3.68. The van der Waals surface area contributed by atoms with Crippen molar-refractivity contribution >= 4 is 11.6 Å². The summed E-state index contributed by atoms with van der Waals surface area (Å²) in [7, 11) is 0. The van der Waals surface area contributed by atoms with E-state index < -0.39 is 0 Å². The van der Waals surface area contributed by atoms with Crippen LogP contribution in [0.25, 0.3) is 0 Å². The number of aliphatic hydroxyl groups excluding tert-OH is 1. The number of fused-ring (bicyclic) bond motifs is 1. The fraction of sp³-hybridized carbons (Fsp3) is 0.667. The van der Waals surface area contributed by atoms with Crippen LogP contribution < -0.4 is 0 Å². The largest absolute Gasteiger partial charge is 0.396 e. The molecule has 0 aliphatic carbocycles. The monoisotopic (exact) mass is 200 g/mol. The molecule has 1 aromatic heterocycles. The van der Waals surface area contributed by atoms with Gasteiger partial charge in [-0.15, -0.1) is 0 Å². The van der Waals surface area contributed by atoms with Crippen LogP contribution in [0.3, 0.4) is 0 Å². The van der Waals surface area contributed by atoms with Crippen molar-refractivity contribution in [1.29, 1.82) is 0 Å². The summed E-state index contributed by atoms with van der Waals surface area (Å²) in [5.41, 5.74) is 1.15. The minimum Gasteiger partial charge on any atom is -0.396 e. The third-order valence-electron chi connectivity index (χ3n) is 2.48. The highest BCUT2D eigenvalue weighted by Crippen LogP contribution is 2.24. The molecule has 0 radical (unpaired) electrons. The Kier molecular flexibility index (Phi) is 2.56. The molecule has 0 atom stereocenters. The Morgan fingerprint density at radius 1 is 1.46 bits per heavy atom. The standard InChI is InChI=1S/C9H13ClN2O/c10-9-7-3-1-2-5-12(7)8(11-9)4-6-13/h13H,1-6H2. The van der Waals surface area contributed by atoms with Crippen LogP contribution in [-0.2, 0) is 19.4 Å². The molecular formula is C9H13ClN2O. The van der Waals surface area contributed by atoms with Gasteiger partial charge in [-0.1, -0.05) is 11.6 Å². The van der Waals surface area contributed by atoms with Gasteiger partial charge < -0.3 is 9.67 Å². The van der Waals surface area contributed by atoms with E-state index in [1.54, 1.807) is 0 Å². The predicted octanol–water partition coefficient (Wildman–Crippen LogP) is 1.41. The van der Waals surface area contributed by atoms with E-state index in [1.807, 2.05) is 0 Å². The molecule has 1 aliphatic rings. The molecule has 4 heteroatoms. The lowest BCUT2D eigenvalue weighted by Crippen LogP contribution is -2.13. The third-order valence-corrected chi connectivity index (χ3v) is 2.79. The van der Waals surface area contributed by atoms with Crippen LogP contribution in [0.2, 0.25) is 5.15 Å². The lowest BCUT2D eigenvalue weighted by Gasteiger charge is -2.16. The quantitative estimate of drug-likeness (QED) is 0.784. The van der Waals surface area contributed by atoms with Crippen molar-refractivity contribution in [2.24, 2.45) is 0 Å². The van der Waals surface area contributed by atoms with Gasteiger partial charge in [-0.25, -0.2) is 4.98 Å². The molecule has 0 unspecified atom stereocenters. The molecule has 0 saturated carbocycles. The van der Waals surface area contributed by atoms with E-state index in [0.29, 0.717) is 11.6 Å². The van der Waals surface area contributed by atoms with Gasteiger partial charge in [-0.05, 0) is 19.3 Å². The number of hydrogen-bond acceptors (Lipinski definition) is 2. The lowest BCUT2D eigenvalue weighted by molar-refractivity contribution is 0.293. The molecule has 1 aromatic rings. The number of aliphatic hydroxyl groups is 1. The molecule has 0 bridgehead atoms. The summed E-state index contributed by atoms with van der Waals surface area (Å²) in [6.07, 6.45) is 4.03. The first kappa shape index (κ1) is 9.03. The molecule has 3 nitrogen and oxygen atoms in total. The average Bonchev–Trinajstić information content (AvgIpc) is 2.46. The van der Waals surface area contributed by atoms with Crippen LogP contribution in [0.5, 0.6) is 0 Å². The maximum atomic E-state index is 8.83. The zero-order valence-corrected chi connectivity index (χ0v) is 8.22. The van der Waals surface area contributed by atoms with Crippen LogP contribution >= 0.6 is 11.6 Å². The first-order chi connectivity index (χ1) is 6.33. The zero-order valence-electron chi connectivity index (χ0n) is 7.46. The van der Waals surface area contributed by atoms with Crippen molar-refractivity contribution in [3.63, 3.8) is 0 Å². The maximum absolute atomic E-state index is 8.83. The predicted molar refractivity (Wildman–Crippen MR) is 51.0 cm³/mol. The Hall–Kier alpha value is -0.540. The second-order valence-electron chi connectivity index (χ2n) is 3.35. The molecule has 72 valence electrons. The molecule has 1 aliphatic heterocycles. The minimum atomic E-state index is 0.146. The van der Waals surface area contributed by atoms with E-state index in [4.69, 9.17) is 16.7 Å². The van der Waals surface area contributed by atoms with E-state index in [1.165, 1.54) is 12.8 Å². The van der Waals surface area contributed by atoms with E-state index in [0.717, 1.165) is 24.5 Å². The molecule has 13 heavy (non-hydrogen) atoms. The first-order valence-corrected chi connectivity index (χ1v) is 5.05. The maximum Gasteiger partial charge on any atom is 0.150 e. The Balaban J connectivity index is 2.36. The number of imidazole rings is 1. The fourth-order valence-corrected chi connectivity index (χ4v) is 2.15. The molecule has 2 heterocycles. The van der Waals surface area contributed by atoms with Crippen LogP contribution in [0.1, 0.15) is 24.4 Å². The number of hydrogen-bond donors (Lipinski definition) is 1. The van der Waals surface area contributed by atoms with Crippen molar-refractivity contribution in [2.45, 2.75) is 32.2 Å². The van der Waals surface area contributed by atoms with Crippen LogP contribution in [0.4, 0.5) is 0 Å². The molecule has 0 spiro atoms. The van der Waals surface area contributed by atoms with Gasteiger partial charge >= 0.3 is 0 Å². The molecule has 0 aromatic carbocycles. The van der Waals surface area contributed by atoms with Gasteiger partial charge in [0, 0.05) is 13.0 Å². The van der Waals surface area contributed by atoms with E-state index in [-0.39, 0.29) is 6.61 Å². The number of nitrogens with zero attached hydrogens (tertiary/aromatic N) is 2. The van der Waals surface area contributed by atoms with Gasteiger partial charge in [-0.2, -0.15) is 0 Å². The number of halogens is 1. The van der Waals surface area contributed by atoms with Crippen LogP contribution in [-0.4, -0.2) is 21.3 Å². The normalized spacial score (nSPS) is 15.8. The van der Waals surface area contributed by atoms with E-state index in [9.17, 15) is 0 Å². The van der Waals surface area contributed by atoms with Crippen LogP contribution in [0.15, 0.2) is 0 Å². The van der Waals surface area contributed by atoms with Crippen molar-refractivity contribution in [2.75, 3.05) is 6.61 Å². The van der Waals surface area contributed by atoms with Crippen molar-refractivity contribution in [3.8, 4) is 0 Å². The van der Waals surface area contributed by atoms with E-state index >= 15 is 0 Å². The molecule has 0 saturated heterocycles. The molecule has 2 rings (SSSR count). The summed E-state index contributed by atoms with van der Waals surface area (Å²) < 4.78 is 2.15. The topological polar surface area (TPSA) is 38.1 Å². The van der Waals surface area contributed by atoms with Crippen LogP contribution in [0, 0.1) is 0 Å². The SMILES string of the molecule is OCCc1nc(Cl)c2n1CCCC2. The van der Waals surface area contributed by atoms with E-state index in [2.05, 4.69) is 9.55 Å². The Morgan fingerprint density at radius 3 is 3.08 bits per heavy atom. The highest BCUT2D eigenvalue weighted by atomic mass is 35.5. The molecule has 0 fully saturated rings. The molecular weight excluding hydrogens is 188 g/mol. The number of aromatic nitrogens is 2. The summed E-state index contributed by atoms with van der Waals surface area (Å²) in [6.45, 7) is 1.15. The average molecular weight is 201 g/mol. The molecule has 1 N–H and O–H groups in total. The van der Waals surface area contributed by atoms with Crippen molar-refractivity contribution in [3.05, 3.63) is 16.7 Å². The van der Waals surface area contributed by atoms with Gasteiger partial charge in [-0.3, -0.25) is 0 Å². The highest BCUT2D eigenvalue weighted by Gasteiger charge is 2.17. The van der Waals surface area contributed by atoms with Crippen molar-refractivity contribution in [1.82, 2.24) is 9.55 Å². The summed E-state index contributed by atoms with van der Waals surface area (Å²) in [6, 6.07) is 0. The summed E-state index contributed by atoms with van der Waals surface area (Å²) >= 11 is 5.99. The summed E-state index contributed by atoms with van der Waals surface area (Å²) in [4.78, 5) is 4.25. The van der Waals surface area contributed by atoms with Crippen molar-refractivity contribution < 1.29 is 5.11 Å². The minimum absolute atomic E-state index is 0.146. The third kappa shape index (κ3) is 1.58. The number of rotatable bonds is 2. The van der Waals surface area contributed by atoms with Gasteiger partial charge in [0.2, 0.25) is 0 Å². The van der Waals surface area contributed by atoms with Gasteiger partial charge in [0.25, 0.3) is 0 Å². The lowest BCUT2D eigenvalue weighted by atomic mass is 10.1. The first-order valence-electron chi connectivity index (χ1n) is 4.67. The Bertz CT molecular complexity index is 309. The summed E-state index contributed by atoms with van der Waals surface area (Å²) in [5.74, 6) is 0.933. The molecule has 0 amide bonds. The fourth-order valence-electron chi connectivity index (χ4n) is 1.86. The zero-order chi connectivity index (χ0) is 9.26. The summed E-state index contributed by atoms with van der Waals surface area (Å²) in [5, 5.41) is 9.46.